The first-order valence-corrected chi connectivity index (χ1v) is 5.59. The lowest BCUT2D eigenvalue weighted by molar-refractivity contribution is 0.0684. The van der Waals surface area contributed by atoms with Crippen LogP contribution in [0.15, 0.2) is 42.5 Å². The van der Waals surface area contributed by atoms with Gasteiger partial charge in [-0.15, -0.1) is 0 Å². The molecule has 21 heavy (non-hydrogen) atoms. The Kier molecular flexibility index (Phi) is 5.13. The van der Waals surface area contributed by atoms with E-state index in [1.54, 1.807) is 0 Å². The zero-order valence-electron chi connectivity index (χ0n) is 10.6. The highest BCUT2D eigenvalue weighted by Gasteiger charge is 2.08. The first-order chi connectivity index (χ1) is 9.81. The number of phenols is 3. The summed E-state index contributed by atoms with van der Waals surface area (Å²) in [6.45, 7) is 0. The number of carboxylic acid groups (broad SMARTS) is 2. The number of hydrogen-bond donors (Lipinski definition) is 5. The molecule has 2 rings (SSSR count). The van der Waals surface area contributed by atoms with E-state index in [1.807, 2.05) is 0 Å². The maximum absolute atomic E-state index is 10.3. The number of phenolic OH excluding ortho intramolecular Hbond substituents is 2. The van der Waals surface area contributed by atoms with Gasteiger partial charge in [-0.2, -0.15) is 0 Å². The molecule has 2 aromatic rings. The highest BCUT2D eigenvalue weighted by atomic mass is 16.4. The molecule has 0 unspecified atom stereocenters. The quantitative estimate of drug-likeness (QED) is 0.570. The van der Waals surface area contributed by atoms with Crippen LogP contribution in [0.1, 0.15) is 20.7 Å². The summed E-state index contributed by atoms with van der Waals surface area (Å²) in [5, 5.41) is 43.2. The number of carbonyl (C=O) groups is 2. The highest BCUT2D eigenvalue weighted by molar-refractivity contribution is 5.90. The summed E-state index contributed by atoms with van der Waals surface area (Å²) in [5.74, 6) is -2.72. The summed E-state index contributed by atoms with van der Waals surface area (Å²) in [6.07, 6.45) is 0. The third-order valence-electron chi connectivity index (χ3n) is 2.33. The van der Waals surface area contributed by atoms with Crippen molar-refractivity contribution >= 4 is 11.9 Å². The fourth-order valence-electron chi connectivity index (χ4n) is 1.30. The van der Waals surface area contributed by atoms with E-state index in [1.165, 1.54) is 30.3 Å². The summed E-state index contributed by atoms with van der Waals surface area (Å²) in [4.78, 5) is 20.5. The number of hydrogen-bond acceptors (Lipinski definition) is 5. The van der Waals surface area contributed by atoms with Crippen LogP contribution in [0.25, 0.3) is 0 Å². The van der Waals surface area contributed by atoms with Crippen molar-refractivity contribution in [3.63, 3.8) is 0 Å². The van der Waals surface area contributed by atoms with Crippen LogP contribution < -0.4 is 0 Å². The largest absolute Gasteiger partial charge is 0.508 e. The van der Waals surface area contributed by atoms with Gasteiger partial charge >= 0.3 is 11.9 Å². The highest BCUT2D eigenvalue weighted by Crippen LogP contribution is 2.21. The second kappa shape index (κ2) is 6.80. The van der Waals surface area contributed by atoms with E-state index >= 15 is 0 Å². The molecule has 7 heteroatoms. The van der Waals surface area contributed by atoms with Crippen molar-refractivity contribution in [2.75, 3.05) is 0 Å². The standard InChI is InChI=1S/C7H6O4.C7H6O3/c8-4-1-2-5(7(10)11)6(9)3-4;8-6-3-1-5(2-4-6)7(9)10/h1-3,8-9H,(H,10,11);1-4,8H,(H,9,10). The summed E-state index contributed by atoms with van der Waals surface area (Å²) >= 11 is 0. The molecule has 5 N–H and O–H groups in total. The average molecular weight is 292 g/mol. The van der Waals surface area contributed by atoms with Crippen molar-refractivity contribution in [3.05, 3.63) is 53.6 Å². The van der Waals surface area contributed by atoms with E-state index in [-0.39, 0.29) is 22.6 Å². The molecule has 0 fully saturated rings. The Morgan fingerprint density at radius 1 is 0.714 bits per heavy atom. The number of aromatic carboxylic acids is 2. The normalized spacial score (nSPS) is 9.33. The van der Waals surface area contributed by atoms with Gasteiger partial charge < -0.3 is 25.5 Å². The number of rotatable bonds is 2. The van der Waals surface area contributed by atoms with Crippen LogP contribution in [0, 0.1) is 0 Å². The molecule has 0 atom stereocenters. The van der Waals surface area contributed by atoms with Crippen LogP contribution >= 0.6 is 0 Å². The minimum Gasteiger partial charge on any atom is -0.508 e. The van der Waals surface area contributed by atoms with Crippen LogP contribution in [0.2, 0.25) is 0 Å². The molecule has 0 amide bonds. The summed E-state index contributed by atoms with van der Waals surface area (Å²) in [7, 11) is 0. The van der Waals surface area contributed by atoms with Gasteiger partial charge in [0.2, 0.25) is 0 Å². The first kappa shape index (κ1) is 15.8. The molecule has 7 nitrogen and oxygen atoms in total. The molecule has 0 aliphatic rings. The van der Waals surface area contributed by atoms with E-state index in [2.05, 4.69) is 0 Å². The number of aromatic hydroxyl groups is 3. The third kappa shape index (κ3) is 4.75. The second-order valence-corrected chi connectivity index (χ2v) is 3.86. The number of carboxylic acids is 2. The van der Waals surface area contributed by atoms with E-state index in [0.717, 1.165) is 12.1 Å². The molecule has 0 aromatic heterocycles. The lowest BCUT2D eigenvalue weighted by Gasteiger charge is -1.97. The van der Waals surface area contributed by atoms with Crippen molar-refractivity contribution in [3.8, 4) is 17.2 Å². The third-order valence-corrected chi connectivity index (χ3v) is 2.33. The Bertz CT molecular complexity index is 647. The fraction of sp³-hybridized carbons (Fsp3) is 0. The molecule has 0 bridgehead atoms. The van der Waals surface area contributed by atoms with E-state index < -0.39 is 17.7 Å². The Morgan fingerprint density at radius 2 is 1.24 bits per heavy atom. The van der Waals surface area contributed by atoms with Gasteiger partial charge in [-0.1, -0.05) is 0 Å². The van der Waals surface area contributed by atoms with Crippen molar-refractivity contribution in [1.29, 1.82) is 0 Å². The fourth-order valence-corrected chi connectivity index (χ4v) is 1.30. The van der Waals surface area contributed by atoms with Crippen LogP contribution in [0.4, 0.5) is 0 Å². The van der Waals surface area contributed by atoms with Gasteiger partial charge in [-0.3, -0.25) is 0 Å². The van der Waals surface area contributed by atoms with Gasteiger partial charge in [-0.05, 0) is 36.4 Å². The summed E-state index contributed by atoms with van der Waals surface area (Å²) < 4.78 is 0. The topological polar surface area (TPSA) is 135 Å². The van der Waals surface area contributed by atoms with Crippen molar-refractivity contribution < 1.29 is 35.1 Å². The zero-order valence-corrected chi connectivity index (χ0v) is 10.6. The molecular weight excluding hydrogens is 280 g/mol. The summed E-state index contributed by atoms with van der Waals surface area (Å²) in [6, 6.07) is 8.67. The van der Waals surface area contributed by atoms with Gasteiger partial charge in [0.05, 0.1) is 5.56 Å². The minimum atomic E-state index is -1.22. The monoisotopic (exact) mass is 292 g/mol. The predicted octanol–water partition coefficient (Wildman–Crippen LogP) is 1.89. The van der Waals surface area contributed by atoms with Crippen molar-refractivity contribution in [2.45, 2.75) is 0 Å². The Hall–Kier alpha value is -3.22. The lowest BCUT2D eigenvalue weighted by Crippen LogP contribution is -1.95. The molecule has 110 valence electrons. The smallest absolute Gasteiger partial charge is 0.339 e. The number of benzene rings is 2. The Labute approximate surface area is 119 Å². The summed E-state index contributed by atoms with van der Waals surface area (Å²) in [5.41, 5.74) is -0.0411. The molecular formula is C14H12O7. The van der Waals surface area contributed by atoms with Crippen LogP contribution in [-0.4, -0.2) is 37.5 Å². The molecule has 0 radical (unpaired) electrons. The van der Waals surface area contributed by atoms with E-state index in [4.69, 9.17) is 25.5 Å². The second-order valence-electron chi connectivity index (χ2n) is 3.86. The Morgan fingerprint density at radius 3 is 1.67 bits per heavy atom. The SMILES string of the molecule is O=C(O)c1ccc(O)cc1.O=C(O)c1ccc(O)cc1O. The lowest BCUT2D eigenvalue weighted by atomic mass is 10.2. The molecule has 0 saturated carbocycles. The van der Waals surface area contributed by atoms with Gasteiger partial charge in [-0.25, -0.2) is 9.59 Å². The predicted molar refractivity (Wildman–Crippen MR) is 71.8 cm³/mol. The molecule has 0 heterocycles. The van der Waals surface area contributed by atoms with Crippen LogP contribution in [0.5, 0.6) is 17.2 Å². The molecule has 0 spiro atoms. The zero-order chi connectivity index (χ0) is 16.0. The van der Waals surface area contributed by atoms with Crippen molar-refractivity contribution in [1.82, 2.24) is 0 Å². The molecule has 0 aliphatic heterocycles. The van der Waals surface area contributed by atoms with Crippen LogP contribution in [-0.2, 0) is 0 Å². The van der Waals surface area contributed by atoms with Gasteiger partial charge in [0, 0.05) is 6.07 Å². The van der Waals surface area contributed by atoms with Gasteiger partial charge in [0.1, 0.15) is 22.8 Å². The Balaban J connectivity index is 0.000000211. The minimum absolute atomic E-state index is 0.0741. The van der Waals surface area contributed by atoms with E-state index in [0.29, 0.717) is 0 Å². The maximum atomic E-state index is 10.3. The van der Waals surface area contributed by atoms with Gasteiger partial charge in [0.25, 0.3) is 0 Å². The molecule has 2 aromatic carbocycles. The van der Waals surface area contributed by atoms with Crippen molar-refractivity contribution in [2.24, 2.45) is 0 Å². The average Bonchev–Trinajstić information content (AvgIpc) is 2.39. The molecule has 0 saturated heterocycles. The maximum Gasteiger partial charge on any atom is 0.339 e. The van der Waals surface area contributed by atoms with Crippen LogP contribution in [0.3, 0.4) is 0 Å². The van der Waals surface area contributed by atoms with Gasteiger partial charge in [0.15, 0.2) is 0 Å². The van der Waals surface area contributed by atoms with E-state index in [9.17, 15) is 9.59 Å². The first-order valence-electron chi connectivity index (χ1n) is 5.59. The molecule has 0 aliphatic carbocycles.